The fraction of sp³-hybridized carbons (Fsp3) is 0.211. The third-order valence-corrected chi connectivity index (χ3v) is 3.50. The van der Waals surface area contributed by atoms with E-state index in [0.717, 1.165) is 11.3 Å². The molecule has 25 heavy (non-hydrogen) atoms. The Morgan fingerprint density at radius 1 is 1.20 bits per heavy atom. The molecule has 0 aliphatic carbocycles. The number of aromatic nitrogens is 3. The number of rotatable bonds is 5. The summed E-state index contributed by atoms with van der Waals surface area (Å²) in [4.78, 5) is 16.6. The van der Waals surface area contributed by atoms with E-state index in [2.05, 4.69) is 15.4 Å². The van der Waals surface area contributed by atoms with Crippen LogP contribution in [0.2, 0.25) is 0 Å². The SMILES string of the molecule is Cc1cn(-c2ccccc2)nc1NC(=O)c1cncc(OC(C)C)c1. The molecule has 2 heterocycles. The first-order valence-corrected chi connectivity index (χ1v) is 8.07. The first kappa shape index (κ1) is 16.7. The number of hydrogen-bond acceptors (Lipinski definition) is 4. The minimum absolute atomic E-state index is 0.0175. The van der Waals surface area contributed by atoms with Crippen LogP contribution in [0.1, 0.15) is 29.8 Å². The minimum Gasteiger partial charge on any atom is -0.489 e. The molecule has 2 aromatic heterocycles. The highest BCUT2D eigenvalue weighted by Crippen LogP contribution is 2.18. The molecule has 0 bridgehead atoms. The van der Waals surface area contributed by atoms with Gasteiger partial charge in [-0.25, -0.2) is 4.68 Å². The predicted octanol–water partition coefficient (Wildman–Crippen LogP) is 3.62. The van der Waals surface area contributed by atoms with E-state index in [1.165, 1.54) is 6.20 Å². The van der Waals surface area contributed by atoms with Gasteiger partial charge in [0.15, 0.2) is 5.82 Å². The molecule has 0 aliphatic heterocycles. The molecule has 1 N–H and O–H groups in total. The van der Waals surface area contributed by atoms with Crippen LogP contribution in [0.5, 0.6) is 5.75 Å². The maximum Gasteiger partial charge on any atom is 0.258 e. The lowest BCUT2D eigenvalue weighted by molar-refractivity contribution is 0.102. The summed E-state index contributed by atoms with van der Waals surface area (Å²) >= 11 is 0. The van der Waals surface area contributed by atoms with Crippen LogP contribution >= 0.6 is 0 Å². The highest BCUT2D eigenvalue weighted by atomic mass is 16.5. The van der Waals surface area contributed by atoms with Crippen molar-refractivity contribution in [1.29, 1.82) is 0 Å². The van der Waals surface area contributed by atoms with E-state index in [1.807, 2.05) is 57.3 Å². The van der Waals surface area contributed by atoms with Crippen LogP contribution in [0.3, 0.4) is 0 Å². The van der Waals surface area contributed by atoms with E-state index >= 15 is 0 Å². The summed E-state index contributed by atoms with van der Waals surface area (Å²) in [5.74, 6) is 0.807. The number of carbonyl (C=O) groups is 1. The molecule has 0 atom stereocenters. The molecular weight excluding hydrogens is 316 g/mol. The van der Waals surface area contributed by atoms with Crippen molar-refractivity contribution in [3.05, 3.63) is 66.1 Å². The summed E-state index contributed by atoms with van der Waals surface area (Å²) < 4.78 is 7.32. The largest absolute Gasteiger partial charge is 0.489 e. The lowest BCUT2D eigenvalue weighted by Crippen LogP contribution is -2.14. The molecule has 0 saturated carbocycles. The first-order chi connectivity index (χ1) is 12.0. The van der Waals surface area contributed by atoms with Crippen LogP contribution in [0.4, 0.5) is 5.82 Å². The van der Waals surface area contributed by atoms with Gasteiger partial charge >= 0.3 is 0 Å². The number of nitrogens with zero attached hydrogens (tertiary/aromatic N) is 3. The Morgan fingerprint density at radius 2 is 1.96 bits per heavy atom. The van der Waals surface area contributed by atoms with Gasteiger partial charge in [-0.1, -0.05) is 18.2 Å². The molecule has 6 nitrogen and oxygen atoms in total. The zero-order chi connectivity index (χ0) is 17.8. The standard InChI is InChI=1S/C19H20N4O2/c1-13(2)25-17-9-15(10-20-11-17)19(24)21-18-14(3)12-23(22-18)16-7-5-4-6-8-16/h4-13H,1-3H3,(H,21,22,24). The van der Waals surface area contributed by atoms with E-state index in [-0.39, 0.29) is 12.0 Å². The number of carbonyl (C=O) groups excluding carboxylic acids is 1. The molecular formula is C19H20N4O2. The second-order valence-corrected chi connectivity index (χ2v) is 5.97. The lowest BCUT2D eigenvalue weighted by Gasteiger charge is -2.10. The molecule has 0 spiro atoms. The van der Waals surface area contributed by atoms with Crippen molar-refractivity contribution in [2.45, 2.75) is 26.9 Å². The summed E-state index contributed by atoms with van der Waals surface area (Å²) in [7, 11) is 0. The van der Waals surface area contributed by atoms with Crippen LogP contribution in [-0.2, 0) is 0 Å². The summed E-state index contributed by atoms with van der Waals surface area (Å²) in [5.41, 5.74) is 2.23. The van der Waals surface area contributed by atoms with Crippen LogP contribution in [0, 0.1) is 6.92 Å². The van der Waals surface area contributed by atoms with E-state index in [0.29, 0.717) is 17.1 Å². The molecule has 1 aromatic carbocycles. The van der Waals surface area contributed by atoms with Crippen LogP contribution in [0.25, 0.3) is 5.69 Å². The average molecular weight is 336 g/mol. The Morgan fingerprint density at radius 3 is 2.68 bits per heavy atom. The smallest absolute Gasteiger partial charge is 0.258 e. The fourth-order valence-corrected chi connectivity index (χ4v) is 2.36. The third kappa shape index (κ3) is 4.03. The second-order valence-electron chi connectivity index (χ2n) is 5.97. The van der Waals surface area contributed by atoms with Gasteiger partial charge in [0.1, 0.15) is 5.75 Å². The number of aryl methyl sites for hydroxylation is 1. The van der Waals surface area contributed by atoms with Crippen molar-refractivity contribution in [1.82, 2.24) is 14.8 Å². The van der Waals surface area contributed by atoms with Gasteiger partial charge in [0.25, 0.3) is 5.91 Å². The molecule has 0 aliphatic rings. The zero-order valence-corrected chi connectivity index (χ0v) is 14.4. The van der Waals surface area contributed by atoms with Crippen molar-refractivity contribution < 1.29 is 9.53 Å². The summed E-state index contributed by atoms with van der Waals surface area (Å²) in [5, 5.41) is 7.28. The van der Waals surface area contributed by atoms with Crippen LogP contribution < -0.4 is 10.1 Å². The van der Waals surface area contributed by atoms with Gasteiger partial charge < -0.3 is 10.1 Å². The van der Waals surface area contributed by atoms with Crippen molar-refractivity contribution in [2.75, 3.05) is 5.32 Å². The molecule has 0 fully saturated rings. The summed E-state index contributed by atoms with van der Waals surface area (Å²) in [6.45, 7) is 5.75. The summed E-state index contributed by atoms with van der Waals surface area (Å²) in [6.07, 6.45) is 4.99. The van der Waals surface area contributed by atoms with Crippen molar-refractivity contribution in [2.24, 2.45) is 0 Å². The Hall–Kier alpha value is -3.15. The zero-order valence-electron chi connectivity index (χ0n) is 14.4. The average Bonchev–Trinajstić information content (AvgIpc) is 2.96. The highest BCUT2D eigenvalue weighted by Gasteiger charge is 2.13. The van der Waals surface area contributed by atoms with Gasteiger partial charge in [0.05, 0.1) is 23.6 Å². The minimum atomic E-state index is -0.275. The molecule has 0 saturated heterocycles. The van der Waals surface area contributed by atoms with E-state index in [1.54, 1.807) is 16.9 Å². The van der Waals surface area contributed by atoms with Crippen molar-refractivity contribution >= 4 is 11.7 Å². The second kappa shape index (κ2) is 7.17. The quantitative estimate of drug-likeness (QED) is 0.773. The molecule has 6 heteroatoms. The number of anilines is 1. The number of ether oxygens (including phenoxy) is 1. The van der Waals surface area contributed by atoms with E-state index in [9.17, 15) is 4.79 Å². The van der Waals surface area contributed by atoms with Crippen LogP contribution in [-0.4, -0.2) is 26.8 Å². The van der Waals surface area contributed by atoms with Gasteiger partial charge in [-0.15, -0.1) is 5.10 Å². The highest BCUT2D eigenvalue weighted by molar-refractivity contribution is 6.04. The van der Waals surface area contributed by atoms with Gasteiger partial charge in [-0.3, -0.25) is 9.78 Å². The van der Waals surface area contributed by atoms with Gasteiger partial charge in [-0.2, -0.15) is 0 Å². The topological polar surface area (TPSA) is 69.0 Å². The van der Waals surface area contributed by atoms with Gasteiger partial charge in [-0.05, 0) is 39.0 Å². The van der Waals surface area contributed by atoms with Gasteiger partial charge in [0.2, 0.25) is 0 Å². The molecule has 0 unspecified atom stereocenters. The predicted molar refractivity (Wildman–Crippen MR) is 96.3 cm³/mol. The van der Waals surface area contributed by atoms with E-state index in [4.69, 9.17) is 4.74 Å². The number of benzene rings is 1. The fourth-order valence-electron chi connectivity index (χ4n) is 2.36. The van der Waals surface area contributed by atoms with Crippen molar-refractivity contribution in [3.63, 3.8) is 0 Å². The monoisotopic (exact) mass is 336 g/mol. The number of amides is 1. The molecule has 128 valence electrons. The number of nitrogens with one attached hydrogen (secondary N) is 1. The molecule has 0 radical (unpaired) electrons. The number of pyridine rings is 1. The summed E-state index contributed by atoms with van der Waals surface area (Å²) in [6, 6.07) is 11.4. The number of para-hydroxylation sites is 1. The lowest BCUT2D eigenvalue weighted by atomic mass is 10.2. The van der Waals surface area contributed by atoms with Gasteiger partial charge in [0, 0.05) is 18.0 Å². The van der Waals surface area contributed by atoms with E-state index < -0.39 is 0 Å². The Balaban J connectivity index is 1.79. The maximum atomic E-state index is 12.5. The van der Waals surface area contributed by atoms with Crippen LogP contribution in [0.15, 0.2) is 55.0 Å². The Labute approximate surface area is 146 Å². The molecule has 3 aromatic rings. The third-order valence-electron chi connectivity index (χ3n) is 3.50. The molecule has 1 amide bonds. The number of hydrogen-bond donors (Lipinski definition) is 1. The molecule has 3 rings (SSSR count). The van der Waals surface area contributed by atoms with Crippen molar-refractivity contribution in [3.8, 4) is 11.4 Å². The first-order valence-electron chi connectivity index (χ1n) is 8.07. The maximum absolute atomic E-state index is 12.5. The Kier molecular flexibility index (Phi) is 4.79. The Bertz CT molecular complexity index is 872. The normalized spacial score (nSPS) is 10.7.